The first-order valence-electron chi connectivity index (χ1n) is 6.15. The monoisotopic (exact) mass is 238 g/mol. The number of aliphatic hydroxyl groups excluding tert-OH is 1. The van der Waals surface area contributed by atoms with Crippen LogP contribution in [-0.2, 0) is 6.54 Å². The highest BCUT2D eigenvalue weighted by molar-refractivity contribution is 4.93. The zero-order chi connectivity index (χ0) is 12.7. The van der Waals surface area contributed by atoms with Gasteiger partial charge in [-0.25, -0.2) is 0 Å². The standard InChI is InChI=1S/C13H22N2O2/c1-12(2)14(8-5-11-16)9-10-15-7-4-3-6-13(15)17/h3-4,6-7,12,16H,5,8-11H2,1-2H3. The molecule has 17 heavy (non-hydrogen) atoms. The Hall–Kier alpha value is -1.13. The summed E-state index contributed by atoms with van der Waals surface area (Å²) in [7, 11) is 0. The number of hydrogen-bond acceptors (Lipinski definition) is 3. The fourth-order valence-corrected chi connectivity index (χ4v) is 1.78. The van der Waals surface area contributed by atoms with Crippen molar-refractivity contribution in [2.75, 3.05) is 19.7 Å². The number of aliphatic hydroxyl groups is 1. The minimum absolute atomic E-state index is 0.0402. The zero-order valence-corrected chi connectivity index (χ0v) is 10.7. The van der Waals surface area contributed by atoms with Gasteiger partial charge in [0.25, 0.3) is 5.56 Å². The van der Waals surface area contributed by atoms with Crippen LogP contribution >= 0.6 is 0 Å². The molecule has 0 radical (unpaired) electrons. The summed E-state index contributed by atoms with van der Waals surface area (Å²) in [6, 6.07) is 5.63. The van der Waals surface area contributed by atoms with Crippen molar-refractivity contribution < 1.29 is 5.11 Å². The fourth-order valence-electron chi connectivity index (χ4n) is 1.78. The van der Waals surface area contributed by atoms with Crippen molar-refractivity contribution in [3.05, 3.63) is 34.7 Å². The summed E-state index contributed by atoms with van der Waals surface area (Å²) < 4.78 is 1.72. The van der Waals surface area contributed by atoms with Crippen molar-refractivity contribution >= 4 is 0 Å². The highest BCUT2D eigenvalue weighted by Crippen LogP contribution is 2.00. The Bertz CT molecular complexity index is 374. The molecular formula is C13H22N2O2. The molecule has 1 N–H and O–H groups in total. The lowest BCUT2D eigenvalue weighted by atomic mass is 10.3. The molecule has 0 fully saturated rings. The minimum Gasteiger partial charge on any atom is -0.396 e. The summed E-state index contributed by atoms with van der Waals surface area (Å²) in [6.45, 7) is 6.88. The second kappa shape index (κ2) is 7.25. The third kappa shape index (κ3) is 4.71. The number of pyridine rings is 1. The van der Waals surface area contributed by atoms with E-state index in [2.05, 4.69) is 18.7 Å². The molecule has 4 nitrogen and oxygen atoms in total. The van der Waals surface area contributed by atoms with E-state index in [1.165, 1.54) is 0 Å². The molecular weight excluding hydrogens is 216 g/mol. The Morgan fingerprint density at radius 3 is 2.71 bits per heavy atom. The van der Waals surface area contributed by atoms with Crippen LogP contribution in [0.1, 0.15) is 20.3 Å². The predicted octanol–water partition coefficient (Wildman–Crippen LogP) is 0.941. The lowest BCUT2D eigenvalue weighted by molar-refractivity contribution is 0.185. The van der Waals surface area contributed by atoms with Crippen LogP contribution in [0.15, 0.2) is 29.2 Å². The SMILES string of the molecule is CC(C)N(CCCO)CCn1ccccc1=O. The number of rotatable bonds is 7. The van der Waals surface area contributed by atoms with E-state index in [0.717, 1.165) is 19.5 Å². The van der Waals surface area contributed by atoms with E-state index in [1.807, 2.05) is 12.3 Å². The molecule has 0 unspecified atom stereocenters. The second-order valence-electron chi connectivity index (χ2n) is 4.44. The summed E-state index contributed by atoms with van der Waals surface area (Å²) in [5.74, 6) is 0. The van der Waals surface area contributed by atoms with Crippen LogP contribution in [0, 0.1) is 0 Å². The highest BCUT2D eigenvalue weighted by atomic mass is 16.3. The van der Waals surface area contributed by atoms with Crippen LogP contribution in [0.5, 0.6) is 0 Å². The van der Waals surface area contributed by atoms with Gasteiger partial charge in [-0.1, -0.05) is 6.07 Å². The Morgan fingerprint density at radius 1 is 1.35 bits per heavy atom. The quantitative estimate of drug-likeness (QED) is 0.769. The molecule has 0 bridgehead atoms. The molecule has 0 atom stereocenters. The van der Waals surface area contributed by atoms with Crippen molar-refractivity contribution in [2.45, 2.75) is 32.9 Å². The summed E-state index contributed by atoms with van der Waals surface area (Å²) in [5, 5.41) is 8.84. The first kappa shape index (κ1) is 13.9. The van der Waals surface area contributed by atoms with Crippen molar-refractivity contribution in [2.24, 2.45) is 0 Å². The van der Waals surface area contributed by atoms with E-state index in [0.29, 0.717) is 12.6 Å². The molecule has 0 aliphatic heterocycles. The van der Waals surface area contributed by atoms with Crippen LogP contribution in [0.4, 0.5) is 0 Å². The topological polar surface area (TPSA) is 45.5 Å². The number of aromatic nitrogens is 1. The maximum absolute atomic E-state index is 11.5. The normalized spacial score (nSPS) is 11.4. The first-order valence-corrected chi connectivity index (χ1v) is 6.15. The van der Waals surface area contributed by atoms with Gasteiger partial charge in [0, 0.05) is 44.5 Å². The molecule has 0 aliphatic rings. The van der Waals surface area contributed by atoms with Crippen LogP contribution in [0.25, 0.3) is 0 Å². The smallest absolute Gasteiger partial charge is 0.250 e. The molecule has 1 aromatic heterocycles. The van der Waals surface area contributed by atoms with Gasteiger partial charge in [-0.15, -0.1) is 0 Å². The summed E-state index contributed by atoms with van der Waals surface area (Å²) in [4.78, 5) is 13.8. The Balaban J connectivity index is 2.52. The van der Waals surface area contributed by atoms with Gasteiger partial charge in [-0.05, 0) is 26.3 Å². The van der Waals surface area contributed by atoms with Crippen LogP contribution < -0.4 is 5.56 Å². The molecule has 0 spiro atoms. The average Bonchev–Trinajstić information content (AvgIpc) is 2.31. The average molecular weight is 238 g/mol. The van der Waals surface area contributed by atoms with Gasteiger partial charge >= 0.3 is 0 Å². The maximum atomic E-state index is 11.5. The predicted molar refractivity (Wildman–Crippen MR) is 69.1 cm³/mol. The van der Waals surface area contributed by atoms with Crippen LogP contribution in [0.2, 0.25) is 0 Å². The van der Waals surface area contributed by atoms with Gasteiger partial charge in [0.1, 0.15) is 0 Å². The van der Waals surface area contributed by atoms with Gasteiger partial charge in [0.15, 0.2) is 0 Å². The van der Waals surface area contributed by atoms with Crippen LogP contribution in [0.3, 0.4) is 0 Å². The van der Waals surface area contributed by atoms with Crippen molar-refractivity contribution in [3.63, 3.8) is 0 Å². The molecule has 0 aliphatic carbocycles. The molecule has 1 aromatic rings. The Morgan fingerprint density at radius 2 is 2.12 bits per heavy atom. The van der Waals surface area contributed by atoms with Gasteiger partial charge in [-0.2, -0.15) is 0 Å². The van der Waals surface area contributed by atoms with Gasteiger partial charge in [-0.3, -0.25) is 9.69 Å². The van der Waals surface area contributed by atoms with Crippen molar-refractivity contribution in [1.82, 2.24) is 9.47 Å². The van der Waals surface area contributed by atoms with E-state index in [-0.39, 0.29) is 12.2 Å². The Kier molecular flexibility index (Phi) is 5.94. The van der Waals surface area contributed by atoms with E-state index < -0.39 is 0 Å². The largest absolute Gasteiger partial charge is 0.396 e. The van der Waals surface area contributed by atoms with Gasteiger partial charge in [0.2, 0.25) is 0 Å². The molecule has 4 heteroatoms. The molecule has 0 saturated carbocycles. The minimum atomic E-state index is 0.0402. The molecule has 1 heterocycles. The first-order chi connectivity index (χ1) is 8.15. The molecule has 1 rings (SSSR count). The third-order valence-corrected chi connectivity index (χ3v) is 2.86. The third-order valence-electron chi connectivity index (χ3n) is 2.86. The van der Waals surface area contributed by atoms with Crippen LogP contribution in [-0.4, -0.2) is 40.3 Å². The highest BCUT2D eigenvalue weighted by Gasteiger charge is 2.08. The van der Waals surface area contributed by atoms with E-state index in [4.69, 9.17) is 5.11 Å². The van der Waals surface area contributed by atoms with E-state index >= 15 is 0 Å². The number of hydrogen-bond donors (Lipinski definition) is 1. The zero-order valence-electron chi connectivity index (χ0n) is 10.7. The number of nitrogens with zero attached hydrogens (tertiary/aromatic N) is 2. The molecule has 0 amide bonds. The van der Waals surface area contributed by atoms with E-state index in [9.17, 15) is 4.79 Å². The molecule has 0 aromatic carbocycles. The molecule has 96 valence electrons. The Labute approximate surface area is 102 Å². The summed E-state index contributed by atoms with van der Waals surface area (Å²) >= 11 is 0. The summed E-state index contributed by atoms with van der Waals surface area (Å²) in [5.41, 5.74) is 0.0402. The maximum Gasteiger partial charge on any atom is 0.250 e. The van der Waals surface area contributed by atoms with Gasteiger partial charge < -0.3 is 9.67 Å². The van der Waals surface area contributed by atoms with E-state index in [1.54, 1.807) is 16.7 Å². The van der Waals surface area contributed by atoms with Crippen molar-refractivity contribution in [1.29, 1.82) is 0 Å². The lowest BCUT2D eigenvalue weighted by Gasteiger charge is -2.26. The lowest BCUT2D eigenvalue weighted by Crippen LogP contribution is -2.36. The fraction of sp³-hybridized carbons (Fsp3) is 0.615. The molecule has 0 saturated heterocycles. The van der Waals surface area contributed by atoms with Crippen molar-refractivity contribution in [3.8, 4) is 0 Å². The van der Waals surface area contributed by atoms with Gasteiger partial charge in [0.05, 0.1) is 0 Å². The summed E-state index contributed by atoms with van der Waals surface area (Å²) in [6.07, 6.45) is 2.59. The second-order valence-corrected chi connectivity index (χ2v) is 4.44.